The maximum Gasteiger partial charge on any atom is 0.260 e. The van der Waals surface area contributed by atoms with Crippen LogP contribution >= 0.6 is 22.9 Å². The average molecular weight is 543 g/mol. The Balaban J connectivity index is 1.68. The van der Waals surface area contributed by atoms with E-state index in [-0.39, 0.29) is 17.3 Å². The highest BCUT2D eigenvalue weighted by atomic mass is 35.5. The van der Waals surface area contributed by atoms with Crippen molar-refractivity contribution in [2.45, 2.75) is 38.1 Å². The molecule has 0 bridgehead atoms. The van der Waals surface area contributed by atoms with Crippen LogP contribution in [0.25, 0.3) is 10.2 Å². The number of sulfonamides is 1. The molecule has 0 atom stereocenters. The van der Waals surface area contributed by atoms with Gasteiger partial charge < -0.3 is 0 Å². The second-order valence-corrected chi connectivity index (χ2v) is 11.6. The van der Waals surface area contributed by atoms with Crippen molar-refractivity contribution in [1.29, 1.82) is 0 Å². The zero-order valence-electron chi connectivity index (χ0n) is 20.1. The van der Waals surface area contributed by atoms with Crippen LogP contribution < -0.4 is 4.90 Å². The van der Waals surface area contributed by atoms with Crippen molar-refractivity contribution in [3.63, 3.8) is 0 Å². The number of fused-ring (bicyclic) bond motifs is 1. The van der Waals surface area contributed by atoms with Gasteiger partial charge in [-0.3, -0.25) is 14.7 Å². The fourth-order valence-corrected chi connectivity index (χ4v) is 6.71. The van der Waals surface area contributed by atoms with Gasteiger partial charge in [0, 0.05) is 24.8 Å². The number of hydrogen-bond donors (Lipinski definition) is 0. The molecule has 0 spiro atoms. The van der Waals surface area contributed by atoms with Crippen LogP contribution in [-0.2, 0) is 16.6 Å². The van der Waals surface area contributed by atoms with Crippen molar-refractivity contribution in [3.05, 3.63) is 83.1 Å². The quantitative estimate of drug-likeness (QED) is 0.245. The summed E-state index contributed by atoms with van der Waals surface area (Å²) in [4.78, 5) is 24.4. The number of hydrogen-bond acceptors (Lipinski definition) is 6. The molecule has 1 amide bonds. The van der Waals surface area contributed by atoms with Gasteiger partial charge in [-0.15, -0.1) is 0 Å². The van der Waals surface area contributed by atoms with Crippen LogP contribution in [0.4, 0.5) is 5.13 Å². The minimum absolute atomic E-state index is 0.170. The van der Waals surface area contributed by atoms with Crippen LogP contribution in [0.15, 0.2) is 71.8 Å². The van der Waals surface area contributed by atoms with Crippen LogP contribution in [0.1, 0.15) is 42.7 Å². The van der Waals surface area contributed by atoms with Crippen molar-refractivity contribution in [3.8, 4) is 0 Å². The van der Waals surface area contributed by atoms with E-state index < -0.39 is 10.0 Å². The highest BCUT2D eigenvalue weighted by molar-refractivity contribution is 7.89. The summed E-state index contributed by atoms with van der Waals surface area (Å²) in [7, 11) is -3.64. The molecule has 0 aliphatic carbocycles. The van der Waals surface area contributed by atoms with E-state index >= 15 is 0 Å². The number of aromatic nitrogens is 2. The van der Waals surface area contributed by atoms with Crippen molar-refractivity contribution in [2.24, 2.45) is 0 Å². The van der Waals surface area contributed by atoms with Gasteiger partial charge in [0.15, 0.2) is 5.13 Å². The molecule has 0 radical (unpaired) electrons. The number of benzene rings is 2. The predicted octanol–water partition coefficient (Wildman–Crippen LogP) is 6.00. The number of rotatable bonds is 10. The SMILES string of the molecule is CCCN(CCC)S(=O)(=O)c1ccc(C(=O)N(Cc2ccccn2)c2nc3c(Cl)cccc3s2)cc1. The Morgan fingerprint density at radius 2 is 1.69 bits per heavy atom. The van der Waals surface area contributed by atoms with Crippen LogP contribution in [0.3, 0.4) is 0 Å². The highest BCUT2D eigenvalue weighted by Gasteiger charge is 2.26. The molecule has 188 valence electrons. The Bertz CT molecular complexity index is 1440. The molecular formula is C26H27ClN4O3S2. The number of anilines is 1. The number of halogens is 1. The Kier molecular flexibility index (Phi) is 8.35. The molecule has 2 aromatic carbocycles. The number of carbonyl (C=O) groups is 1. The normalized spacial score (nSPS) is 11.8. The van der Waals surface area contributed by atoms with Gasteiger partial charge in [-0.25, -0.2) is 13.4 Å². The van der Waals surface area contributed by atoms with E-state index in [1.54, 1.807) is 29.3 Å². The van der Waals surface area contributed by atoms with E-state index in [4.69, 9.17) is 11.6 Å². The molecule has 0 aliphatic rings. The number of carbonyl (C=O) groups excluding carboxylic acids is 1. The molecule has 36 heavy (non-hydrogen) atoms. The molecule has 4 rings (SSSR count). The molecule has 0 aliphatic heterocycles. The van der Waals surface area contributed by atoms with Gasteiger partial charge >= 0.3 is 0 Å². The first-order chi connectivity index (χ1) is 17.3. The summed E-state index contributed by atoms with van der Waals surface area (Å²) in [6, 6.07) is 17.1. The van der Waals surface area contributed by atoms with Crippen molar-refractivity contribution < 1.29 is 13.2 Å². The molecule has 2 aromatic heterocycles. The first-order valence-corrected chi connectivity index (χ1v) is 14.4. The van der Waals surface area contributed by atoms with Gasteiger partial charge in [0.25, 0.3) is 5.91 Å². The second-order valence-electron chi connectivity index (χ2n) is 8.22. The molecule has 0 saturated heterocycles. The highest BCUT2D eigenvalue weighted by Crippen LogP contribution is 2.34. The zero-order valence-corrected chi connectivity index (χ0v) is 22.5. The summed E-state index contributed by atoms with van der Waals surface area (Å²) in [6.45, 7) is 5.01. The van der Waals surface area contributed by atoms with Crippen LogP contribution in [0, 0.1) is 0 Å². The Hall–Kier alpha value is -2.85. The smallest absolute Gasteiger partial charge is 0.260 e. The van der Waals surface area contributed by atoms with Crippen molar-refractivity contribution in [1.82, 2.24) is 14.3 Å². The second kappa shape index (κ2) is 11.5. The minimum atomic E-state index is -3.64. The summed E-state index contributed by atoms with van der Waals surface area (Å²) >= 11 is 7.69. The van der Waals surface area contributed by atoms with Gasteiger partial charge in [-0.1, -0.05) is 48.9 Å². The van der Waals surface area contributed by atoms with E-state index in [1.807, 2.05) is 44.2 Å². The van der Waals surface area contributed by atoms with E-state index in [2.05, 4.69) is 9.97 Å². The maximum absolute atomic E-state index is 13.7. The lowest BCUT2D eigenvalue weighted by molar-refractivity contribution is 0.0984. The van der Waals surface area contributed by atoms with Gasteiger partial charge in [-0.05, 0) is 61.4 Å². The minimum Gasteiger partial charge on any atom is -0.278 e. The van der Waals surface area contributed by atoms with E-state index in [0.29, 0.717) is 40.0 Å². The molecule has 0 fully saturated rings. The van der Waals surface area contributed by atoms with Crippen LogP contribution in [-0.4, -0.2) is 41.7 Å². The number of para-hydroxylation sites is 1. The van der Waals surface area contributed by atoms with Gasteiger partial charge in [-0.2, -0.15) is 4.31 Å². The number of thiazole rings is 1. The standard InChI is InChI=1S/C26H27ClN4O3S2/c1-3-16-30(17-4-2)36(33,34)21-13-11-19(12-14-21)25(32)31(18-20-8-5-6-15-28-20)26-29-24-22(27)9-7-10-23(24)35-26/h5-15H,3-4,16-18H2,1-2H3. The molecular weight excluding hydrogens is 516 g/mol. The summed E-state index contributed by atoms with van der Waals surface area (Å²) in [6.07, 6.45) is 3.13. The lowest BCUT2D eigenvalue weighted by atomic mass is 10.2. The summed E-state index contributed by atoms with van der Waals surface area (Å²) < 4.78 is 28.6. The molecule has 0 N–H and O–H groups in total. The van der Waals surface area contributed by atoms with E-state index in [0.717, 1.165) is 17.5 Å². The lowest BCUT2D eigenvalue weighted by Crippen LogP contribution is -2.33. The fourth-order valence-electron chi connectivity index (χ4n) is 3.82. The zero-order chi connectivity index (χ0) is 25.7. The van der Waals surface area contributed by atoms with Crippen molar-refractivity contribution >= 4 is 54.2 Å². The fraction of sp³-hybridized carbons (Fsp3) is 0.269. The molecule has 7 nitrogen and oxygen atoms in total. The predicted molar refractivity (Wildman–Crippen MR) is 145 cm³/mol. The first-order valence-electron chi connectivity index (χ1n) is 11.7. The Morgan fingerprint density at radius 3 is 2.31 bits per heavy atom. The third kappa shape index (κ3) is 5.59. The Labute approximate surface area is 220 Å². The van der Waals surface area contributed by atoms with Gasteiger partial charge in [0.05, 0.1) is 26.9 Å². The van der Waals surface area contributed by atoms with E-state index in [9.17, 15) is 13.2 Å². The van der Waals surface area contributed by atoms with Gasteiger partial charge in [0.1, 0.15) is 5.52 Å². The van der Waals surface area contributed by atoms with Crippen LogP contribution in [0.5, 0.6) is 0 Å². The topological polar surface area (TPSA) is 83.5 Å². The summed E-state index contributed by atoms with van der Waals surface area (Å²) in [5.41, 5.74) is 1.68. The third-order valence-corrected chi connectivity index (χ3v) is 8.83. The molecule has 4 aromatic rings. The van der Waals surface area contributed by atoms with Crippen LogP contribution in [0.2, 0.25) is 5.02 Å². The summed E-state index contributed by atoms with van der Waals surface area (Å²) in [5, 5.41) is 1.00. The third-order valence-electron chi connectivity index (χ3n) is 5.57. The lowest BCUT2D eigenvalue weighted by Gasteiger charge is -2.22. The largest absolute Gasteiger partial charge is 0.278 e. The molecule has 2 heterocycles. The first kappa shape index (κ1) is 26.2. The molecule has 0 unspecified atom stereocenters. The summed E-state index contributed by atoms with van der Waals surface area (Å²) in [5.74, 6) is -0.307. The number of nitrogens with zero attached hydrogens (tertiary/aromatic N) is 4. The van der Waals surface area contributed by atoms with Gasteiger partial charge in [0.2, 0.25) is 10.0 Å². The number of pyridine rings is 1. The average Bonchev–Trinajstić information content (AvgIpc) is 3.33. The molecule has 10 heteroatoms. The molecule has 0 saturated carbocycles. The Morgan fingerprint density at radius 1 is 0.972 bits per heavy atom. The maximum atomic E-state index is 13.7. The van der Waals surface area contributed by atoms with Crippen molar-refractivity contribution in [2.75, 3.05) is 18.0 Å². The number of amides is 1. The van der Waals surface area contributed by atoms with E-state index in [1.165, 1.54) is 27.8 Å². The monoisotopic (exact) mass is 542 g/mol.